The van der Waals surface area contributed by atoms with Gasteiger partial charge in [-0.1, -0.05) is 13.8 Å². The Bertz CT molecular complexity index is 140. The van der Waals surface area contributed by atoms with Gasteiger partial charge in [-0.05, 0) is 12.3 Å². The predicted octanol–water partition coefficient (Wildman–Crippen LogP) is 4.10. The molecule has 1 N–H and O–H groups in total. The van der Waals surface area contributed by atoms with E-state index in [2.05, 4.69) is 12.2 Å². The second-order valence-corrected chi connectivity index (χ2v) is 7.93. The third-order valence-corrected chi connectivity index (χ3v) is 2.78. The fourth-order valence-electron chi connectivity index (χ4n) is 0.564. The third kappa shape index (κ3) is 18.8. The van der Waals surface area contributed by atoms with Crippen molar-refractivity contribution in [2.24, 2.45) is 0 Å². The molecule has 0 aromatic rings. The molecule has 1 aliphatic carbocycles. The van der Waals surface area contributed by atoms with Gasteiger partial charge in [-0.25, -0.2) is 12.2 Å². The van der Waals surface area contributed by atoms with Crippen molar-refractivity contribution in [1.82, 2.24) is 0 Å². The van der Waals surface area contributed by atoms with Crippen molar-refractivity contribution in [3.8, 4) is 0 Å². The first-order valence-corrected chi connectivity index (χ1v) is 11.8. The Morgan fingerprint density at radius 2 is 1.93 bits per heavy atom. The van der Waals surface area contributed by atoms with Gasteiger partial charge in [-0.3, -0.25) is 6.08 Å². The van der Waals surface area contributed by atoms with Gasteiger partial charge in [0.15, 0.2) is 0 Å². The van der Waals surface area contributed by atoms with Crippen molar-refractivity contribution in [3.05, 3.63) is 24.3 Å². The van der Waals surface area contributed by atoms with Crippen LogP contribution >= 0.6 is 27.3 Å². The zero-order valence-corrected chi connectivity index (χ0v) is 13.1. The monoisotopic (exact) mass is 434 g/mol. The van der Waals surface area contributed by atoms with Gasteiger partial charge < -0.3 is 4.89 Å². The van der Waals surface area contributed by atoms with Crippen molar-refractivity contribution in [3.63, 3.8) is 0 Å². The van der Waals surface area contributed by atoms with Crippen LogP contribution < -0.4 is 0 Å². The number of hydrogen-bond donors (Lipinski definition) is 1. The quantitative estimate of drug-likeness (QED) is 0.513. The Labute approximate surface area is 104 Å². The SMILES string of the molecule is CCP(O)CC.[C-]1=CC=CC1.[Cl][Ir+][Cl]. The number of rotatable bonds is 2. The third-order valence-electron chi connectivity index (χ3n) is 1.32. The summed E-state index contributed by atoms with van der Waals surface area (Å²) in [6, 6.07) is 0. The average molecular weight is 434 g/mol. The summed E-state index contributed by atoms with van der Waals surface area (Å²) in [5.74, 6) is 0. The van der Waals surface area contributed by atoms with Gasteiger partial charge in [-0.2, -0.15) is 6.08 Å². The minimum atomic E-state index is -0.576. The van der Waals surface area contributed by atoms with Crippen LogP contribution in [0.3, 0.4) is 0 Å². The van der Waals surface area contributed by atoms with E-state index in [1.807, 2.05) is 26.0 Å². The van der Waals surface area contributed by atoms with E-state index in [9.17, 15) is 0 Å². The van der Waals surface area contributed by atoms with Crippen LogP contribution in [0.2, 0.25) is 0 Å². The fraction of sp³-hybridized carbons (Fsp3) is 0.556. The van der Waals surface area contributed by atoms with E-state index in [1.54, 1.807) is 0 Å². The summed E-state index contributed by atoms with van der Waals surface area (Å²) in [6.45, 7) is 4.02. The van der Waals surface area contributed by atoms with E-state index in [1.165, 1.54) is 0 Å². The molecule has 0 spiro atoms. The van der Waals surface area contributed by atoms with Crippen LogP contribution in [0.4, 0.5) is 0 Å². The van der Waals surface area contributed by atoms with E-state index in [0.717, 1.165) is 18.7 Å². The fourth-order valence-corrected chi connectivity index (χ4v) is 1.01. The number of hydrogen-bond acceptors (Lipinski definition) is 1. The number of allylic oxidation sites excluding steroid dienone is 4. The molecule has 0 saturated carbocycles. The molecule has 0 aromatic carbocycles. The molecule has 0 atom stereocenters. The van der Waals surface area contributed by atoms with Crippen LogP contribution in [0.25, 0.3) is 0 Å². The molecule has 1 rings (SSSR count). The minimum absolute atomic E-state index is 0.556. The van der Waals surface area contributed by atoms with Gasteiger partial charge in [0.2, 0.25) is 0 Å². The summed E-state index contributed by atoms with van der Waals surface area (Å²) in [7, 11) is 9.20. The van der Waals surface area contributed by atoms with E-state index in [-0.39, 0.29) is 0 Å². The first-order valence-electron chi connectivity index (χ1n) is 4.22. The molecule has 0 saturated heterocycles. The van der Waals surface area contributed by atoms with Crippen molar-refractivity contribution in [1.29, 1.82) is 0 Å². The van der Waals surface area contributed by atoms with Crippen molar-refractivity contribution in [2.45, 2.75) is 20.3 Å². The van der Waals surface area contributed by atoms with Gasteiger partial charge in [0.05, 0.1) is 0 Å². The van der Waals surface area contributed by atoms with Crippen LogP contribution in [0.5, 0.6) is 0 Å². The molecule has 0 fully saturated rings. The van der Waals surface area contributed by atoms with Gasteiger partial charge in [0.1, 0.15) is 0 Å². The average Bonchev–Trinajstić information content (AvgIpc) is 2.76. The molecule has 5 heteroatoms. The zero-order chi connectivity index (χ0) is 11.2. The Morgan fingerprint density at radius 1 is 1.43 bits per heavy atom. The molecule has 0 heterocycles. The van der Waals surface area contributed by atoms with Crippen molar-refractivity contribution < 1.29 is 20.6 Å². The Kier molecular flexibility index (Phi) is 20.6. The summed E-state index contributed by atoms with van der Waals surface area (Å²) in [4.78, 5) is 8.73. The maximum atomic E-state index is 8.73. The van der Waals surface area contributed by atoms with E-state index in [0.29, 0.717) is 0 Å². The zero-order valence-electron chi connectivity index (χ0n) is 8.34. The molecular weight excluding hydrogens is 418 g/mol. The van der Waals surface area contributed by atoms with E-state index >= 15 is 0 Å². The first-order chi connectivity index (χ1) is 6.72. The maximum absolute atomic E-state index is 8.73. The molecule has 0 aliphatic heterocycles. The van der Waals surface area contributed by atoms with Crippen LogP contribution in [-0.2, 0) is 15.7 Å². The van der Waals surface area contributed by atoms with Crippen LogP contribution in [0.15, 0.2) is 18.2 Å². The second kappa shape index (κ2) is 16.5. The van der Waals surface area contributed by atoms with Gasteiger partial charge in [-0.15, -0.1) is 6.42 Å². The normalized spacial score (nSPS) is 12.1. The molecule has 0 amide bonds. The summed E-state index contributed by atoms with van der Waals surface area (Å²) < 4.78 is 0. The number of halogens is 2. The Morgan fingerprint density at radius 3 is 2.00 bits per heavy atom. The molecule has 1 nitrogen and oxygen atoms in total. The Hall–Kier alpha value is 1.10. The summed E-state index contributed by atoms with van der Waals surface area (Å²) >= 11 is -0.556. The first kappa shape index (κ1) is 17.5. The van der Waals surface area contributed by atoms with Crippen molar-refractivity contribution >= 4 is 27.3 Å². The van der Waals surface area contributed by atoms with Crippen LogP contribution in [0, 0.1) is 6.08 Å². The van der Waals surface area contributed by atoms with Gasteiger partial charge in [0, 0.05) is 8.15 Å². The Balaban J connectivity index is 0. The van der Waals surface area contributed by atoms with Crippen LogP contribution in [-0.4, -0.2) is 17.2 Å². The van der Waals surface area contributed by atoms with Crippen LogP contribution in [0.1, 0.15) is 20.3 Å². The molecule has 1 aliphatic rings. The molecule has 0 aromatic heterocycles. The van der Waals surface area contributed by atoms with Crippen molar-refractivity contribution in [2.75, 3.05) is 12.3 Å². The van der Waals surface area contributed by atoms with E-state index < -0.39 is 23.8 Å². The standard InChI is InChI=1S/C5H5.C4H11OP.2ClH.Ir/c1-2-4-5-3-1;1-3-6(5)4-2;;;/h1-3H,4H2;5H,3-4H2,1-2H3;2*1H;/q-1;;;;+3/p-2. The summed E-state index contributed by atoms with van der Waals surface area (Å²) in [5.41, 5.74) is 0. The summed E-state index contributed by atoms with van der Waals surface area (Å²) in [5, 5.41) is 0. The second-order valence-electron chi connectivity index (χ2n) is 2.19. The molecular formula is C9H16Cl2IrOP. The van der Waals surface area contributed by atoms with E-state index in [4.69, 9.17) is 24.1 Å². The van der Waals surface area contributed by atoms with Gasteiger partial charge in [0.25, 0.3) is 0 Å². The predicted molar refractivity (Wildman–Crippen MR) is 63.5 cm³/mol. The molecule has 0 bridgehead atoms. The molecule has 86 valence electrons. The molecule has 14 heavy (non-hydrogen) atoms. The molecule has 0 radical (unpaired) electrons. The topological polar surface area (TPSA) is 20.2 Å². The van der Waals surface area contributed by atoms with Gasteiger partial charge >= 0.3 is 34.8 Å². The summed E-state index contributed by atoms with van der Waals surface area (Å²) in [6.07, 6.45) is 11.9. The molecule has 0 unspecified atom stereocenters.